The lowest BCUT2D eigenvalue weighted by molar-refractivity contribution is 0.103. The van der Waals surface area contributed by atoms with Crippen LogP contribution in [0.5, 0.6) is 11.5 Å². The van der Waals surface area contributed by atoms with E-state index in [4.69, 9.17) is 9.47 Å². The molecule has 0 radical (unpaired) electrons. The molecule has 0 amide bonds. The third kappa shape index (κ3) is 2.36. The number of benzene rings is 1. The van der Waals surface area contributed by atoms with Gasteiger partial charge in [-0.05, 0) is 18.2 Å². The van der Waals surface area contributed by atoms with Crippen molar-refractivity contribution in [1.29, 1.82) is 0 Å². The molecule has 0 aliphatic carbocycles. The Bertz CT molecular complexity index is 577. The molecular formula is C13H11FO3S. The van der Waals surface area contributed by atoms with E-state index >= 15 is 0 Å². The van der Waals surface area contributed by atoms with Crippen LogP contribution in [0.1, 0.15) is 15.2 Å². The standard InChI is InChI=1S/C13H11FO3S/c1-16-9-6-12(18-7-9)13(15)10-5-8(14)3-4-11(10)17-2/h3-7H,1-2H3. The fraction of sp³-hybridized carbons (Fsp3) is 0.154. The van der Waals surface area contributed by atoms with Gasteiger partial charge in [-0.2, -0.15) is 0 Å². The van der Waals surface area contributed by atoms with Crippen molar-refractivity contribution in [3.05, 3.63) is 45.9 Å². The SMILES string of the molecule is COc1csc(C(=O)c2cc(F)ccc2OC)c1. The van der Waals surface area contributed by atoms with Gasteiger partial charge < -0.3 is 9.47 Å². The van der Waals surface area contributed by atoms with E-state index in [1.165, 1.54) is 43.8 Å². The highest BCUT2D eigenvalue weighted by atomic mass is 32.1. The third-order valence-electron chi connectivity index (χ3n) is 2.44. The van der Waals surface area contributed by atoms with Crippen molar-refractivity contribution >= 4 is 17.1 Å². The molecular weight excluding hydrogens is 255 g/mol. The Morgan fingerprint density at radius 2 is 2.00 bits per heavy atom. The van der Waals surface area contributed by atoms with Crippen LogP contribution in [0.4, 0.5) is 4.39 Å². The first-order chi connectivity index (χ1) is 8.65. The van der Waals surface area contributed by atoms with Crippen LogP contribution >= 0.6 is 11.3 Å². The number of ketones is 1. The van der Waals surface area contributed by atoms with Gasteiger partial charge in [0.2, 0.25) is 5.78 Å². The Kier molecular flexibility index (Phi) is 3.62. The van der Waals surface area contributed by atoms with Crippen LogP contribution in [0.15, 0.2) is 29.6 Å². The van der Waals surface area contributed by atoms with E-state index in [-0.39, 0.29) is 11.3 Å². The third-order valence-corrected chi connectivity index (χ3v) is 3.35. The summed E-state index contributed by atoms with van der Waals surface area (Å²) in [5, 5.41) is 1.72. The fourth-order valence-corrected chi connectivity index (χ4v) is 2.34. The highest BCUT2D eigenvalue weighted by Crippen LogP contribution is 2.28. The molecule has 0 saturated heterocycles. The second kappa shape index (κ2) is 5.18. The summed E-state index contributed by atoms with van der Waals surface area (Å²) in [6, 6.07) is 5.49. The van der Waals surface area contributed by atoms with Gasteiger partial charge in [0.25, 0.3) is 0 Å². The first-order valence-corrected chi connectivity index (χ1v) is 6.04. The summed E-state index contributed by atoms with van der Waals surface area (Å²) >= 11 is 1.25. The van der Waals surface area contributed by atoms with E-state index in [1.807, 2.05) is 0 Å². The van der Waals surface area contributed by atoms with Crippen LogP contribution in [0.3, 0.4) is 0 Å². The topological polar surface area (TPSA) is 35.5 Å². The first kappa shape index (κ1) is 12.6. The van der Waals surface area contributed by atoms with Crippen LogP contribution in [0.25, 0.3) is 0 Å². The summed E-state index contributed by atoms with van der Waals surface area (Å²) in [6.45, 7) is 0. The number of carbonyl (C=O) groups is 1. The van der Waals surface area contributed by atoms with Crippen LogP contribution in [-0.2, 0) is 0 Å². The number of ether oxygens (including phenoxy) is 2. The van der Waals surface area contributed by atoms with E-state index in [1.54, 1.807) is 11.4 Å². The maximum absolute atomic E-state index is 13.2. The maximum atomic E-state index is 13.2. The highest BCUT2D eigenvalue weighted by Gasteiger charge is 2.17. The van der Waals surface area contributed by atoms with Crippen LogP contribution in [0, 0.1) is 5.82 Å². The van der Waals surface area contributed by atoms with Gasteiger partial charge in [0.1, 0.15) is 17.3 Å². The van der Waals surface area contributed by atoms with Gasteiger partial charge in [0, 0.05) is 11.4 Å². The molecule has 2 rings (SSSR count). The van der Waals surface area contributed by atoms with Gasteiger partial charge in [0.05, 0.1) is 24.7 Å². The van der Waals surface area contributed by atoms with Crippen molar-refractivity contribution in [2.75, 3.05) is 14.2 Å². The molecule has 0 fully saturated rings. The first-order valence-electron chi connectivity index (χ1n) is 5.16. The largest absolute Gasteiger partial charge is 0.496 e. The van der Waals surface area contributed by atoms with Crippen molar-refractivity contribution < 1.29 is 18.7 Å². The Hall–Kier alpha value is -1.88. The molecule has 0 bridgehead atoms. The van der Waals surface area contributed by atoms with Crippen molar-refractivity contribution in [2.45, 2.75) is 0 Å². The van der Waals surface area contributed by atoms with Crippen LogP contribution in [-0.4, -0.2) is 20.0 Å². The Morgan fingerprint density at radius 3 is 2.61 bits per heavy atom. The molecule has 1 aromatic carbocycles. The van der Waals surface area contributed by atoms with Gasteiger partial charge in [-0.15, -0.1) is 11.3 Å². The Labute approximate surface area is 108 Å². The zero-order valence-electron chi connectivity index (χ0n) is 9.90. The highest BCUT2D eigenvalue weighted by molar-refractivity contribution is 7.12. The van der Waals surface area contributed by atoms with Crippen LogP contribution in [0.2, 0.25) is 0 Å². The average Bonchev–Trinajstić information content (AvgIpc) is 2.86. The zero-order valence-corrected chi connectivity index (χ0v) is 10.7. The number of halogens is 1. The second-order valence-corrected chi connectivity index (χ2v) is 4.44. The minimum absolute atomic E-state index is 0.210. The van der Waals surface area contributed by atoms with Gasteiger partial charge >= 0.3 is 0 Å². The van der Waals surface area contributed by atoms with E-state index in [2.05, 4.69) is 0 Å². The summed E-state index contributed by atoms with van der Waals surface area (Å²) in [5.41, 5.74) is 0.210. The molecule has 94 valence electrons. The second-order valence-electron chi connectivity index (χ2n) is 3.52. The van der Waals surface area contributed by atoms with Crippen molar-refractivity contribution in [3.8, 4) is 11.5 Å². The number of thiophene rings is 1. The minimum Gasteiger partial charge on any atom is -0.496 e. The number of hydrogen-bond acceptors (Lipinski definition) is 4. The van der Waals surface area contributed by atoms with E-state index < -0.39 is 5.82 Å². The number of methoxy groups -OCH3 is 2. The number of rotatable bonds is 4. The summed E-state index contributed by atoms with van der Waals surface area (Å²) in [7, 11) is 2.97. The van der Waals surface area contributed by atoms with Crippen molar-refractivity contribution in [2.24, 2.45) is 0 Å². The van der Waals surface area contributed by atoms with Crippen molar-refractivity contribution in [3.63, 3.8) is 0 Å². The molecule has 0 atom stereocenters. The summed E-state index contributed by atoms with van der Waals surface area (Å²) in [5.74, 6) is 0.217. The van der Waals surface area contributed by atoms with Crippen LogP contribution < -0.4 is 9.47 Å². The van der Waals surface area contributed by atoms with Gasteiger partial charge in [-0.1, -0.05) is 0 Å². The minimum atomic E-state index is -0.470. The van der Waals surface area contributed by atoms with E-state index in [0.717, 1.165) is 0 Å². The molecule has 0 unspecified atom stereocenters. The maximum Gasteiger partial charge on any atom is 0.206 e. The summed E-state index contributed by atoms with van der Waals surface area (Å²) < 4.78 is 23.3. The molecule has 5 heteroatoms. The average molecular weight is 266 g/mol. The molecule has 1 heterocycles. The molecule has 2 aromatic rings. The van der Waals surface area contributed by atoms with E-state index in [0.29, 0.717) is 16.4 Å². The quantitative estimate of drug-likeness (QED) is 0.797. The zero-order chi connectivity index (χ0) is 13.1. The molecule has 0 aliphatic rings. The Morgan fingerprint density at radius 1 is 1.22 bits per heavy atom. The van der Waals surface area contributed by atoms with Crippen molar-refractivity contribution in [1.82, 2.24) is 0 Å². The molecule has 0 saturated carbocycles. The predicted molar refractivity (Wildman–Crippen MR) is 67.3 cm³/mol. The summed E-state index contributed by atoms with van der Waals surface area (Å²) in [4.78, 5) is 12.7. The lowest BCUT2D eigenvalue weighted by atomic mass is 10.1. The normalized spacial score (nSPS) is 10.2. The lowest BCUT2D eigenvalue weighted by Crippen LogP contribution is -2.02. The summed E-state index contributed by atoms with van der Waals surface area (Å²) in [6.07, 6.45) is 0. The number of carbonyl (C=O) groups excluding carboxylic acids is 1. The molecule has 0 N–H and O–H groups in total. The monoisotopic (exact) mass is 266 g/mol. The molecule has 3 nitrogen and oxygen atoms in total. The van der Waals surface area contributed by atoms with E-state index in [9.17, 15) is 9.18 Å². The molecule has 0 spiro atoms. The van der Waals surface area contributed by atoms with Gasteiger partial charge in [-0.3, -0.25) is 4.79 Å². The molecule has 1 aromatic heterocycles. The van der Waals surface area contributed by atoms with Gasteiger partial charge in [0.15, 0.2) is 0 Å². The molecule has 18 heavy (non-hydrogen) atoms. The fourth-order valence-electron chi connectivity index (χ4n) is 1.54. The molecule has 0 aliphatic heterocycles. The predicted octanol–water partition coefficient (Wildman–Crippen LogP) is 3.14. The number of hydrogen-bond donors (Lipinski definition) is 0. The lowest BCUT2D eigenvalue weighted by Gasteiger charge is -2.06. The van der Waals surface area contributed by atoms with Gasteiger partial charge in [-0.25, -0.2) is 4.39 Å². The Balaban J connectivity index is 2.41. The smallest absolute Gasteiger partial charge is 0.206 e.